The van der Waals surface area contributed by atoms with Crippen molar-refractivity contribution in [3.05, 3.63) is 122 Å². The van der Waals surface area contributed by atoms with Crippen LogP contribution in [0.1, 0.15) is 0 Å². The summed E-state index contributed by atoms with van der Waals surface area (Å²) < 4.78 is 9.57. The summed E-state index contributed by atoms with van der Waals surface area (Å²) in [4.78, 5) is 17.4. The standard InChI is InChI=1S/C17H13N3O.C16H11N3O.BBr3/c1-21-15-3-2-13-9-17(19-10-14(13)8-15)20-7-5-12-4-6-18-11-16(12)20;20-14-2-1-12-8-16(18-9-13(12)7-14)19-6-4-11-3-5-17-10-15(11)19;2-1(3)4/h2-11H,1H3;1-10,20H;. The van der Waals surface area contributed by atoms with Crippen LogP contribution < -0.4 is 4.74 Å². The molecule has 0 saturated carbocycles. The fraction of sp³-hybridized carbons (Fsp3) is 0.0303. The predicted molar refractivity (Wildman–Crippen MR) is 193 cm³/mol. The van der Waals surface area contributed by atoms with E-state index in [1.165, 1.54) is 0 Å². The number of ether oxygens (including phenoxy) is 1. The summed E-state index contributed by atoms with van der Waals surface area (Å²) in [6.07, 6.45) is 14.9. The van der Waals surface area contributed by atoms with Crippen LogP contribution in [0.2, 0.25) is 0 Å². The molecule has 0 bridgehead atoms. The molecule has 0 radical (unpaired) electrons. The van der Waals surface area contributed by atoms with Gasteiger partial charge >= 0.3 is 3.18 Å². The molecule has 0 aliphatic carbocycles. The topological polar surface area (TPSA) is 90.9 Å². The minimum Gasteiger partial charge on any atom is -0.508 e. The zero-order chi connectivity index (χ0) is 31.3. The second-order valence-electron chi connectivity index (χ2n) is 9.82. The molecule has 8 rings (SSSR count). The largest absolute Gasteiger partial charge is 0.508 e. The van der Waals surface area contributed by atoms with Gasteiger partial charge in [0.1, 0.15) is 23.1 Å². The van der Waals surface area contributed by atoms with Crippen molar-refractivity contribution in [2.24, 2.45) is 0 Å². The van der Waals surface area contributed by atoms with Gasteiger partial charge in [0, 0.05) is 58.7 Å². The Bertz CT molecular complexity index is 2250. The Hall–Kier alpha value is -4.26. The lowest BCUT2D eigenvalue weighted by Crippen LogP contribution is -1.95. The van der Waals surface area contributed by atoms with E-state index in [1.54, 1.807) is 37.8 Å². The molecule has 0 unspecified atom stereocenters. The van der Waals surface area contributed by atoms with E-state index < -0.39 is 0 Å². The van der Waals surface area contributed by atoms with Gasteiger partial charge in [0.05, 0.1) is 30.5 Å². The first-order valence-electron chi connectivity index (χ1n) is 13.7. The summed E-state index contributed by atoms with van der Waals surface area (Å²) in [5.74, 6) is 2.82. The van der Waals surface area contributed by atoms with Crippen molar-refractivity contribution in [2.45, 2.75) is 0 Å². The molecule has 8 nitrogen and oxygen atoms in total. The first kappa shape index (κ1) is 30.8. The number of hydrogen-bond acceptors (Lipinski definition) is 6. The van der Waals surface area contributed by atoms with Crippen LogP contribution in [0, 0.1) is 0 Å². The first-order valence-corrected chi connectivity index (χ1v) is 16.4. The van der Waals surface area contributed by atoms with E-state index in [4.69, 9.17) is 4.74 Å². The van der Waals surface area contributed by atoms with Crippen LogP contribution in [0.3, 0.4) is 0 Å². The van der Waals surface area contributed by atoms with Gasteiger partial charge in [-0.2, -0.15) is 0 Å². The zero-order valence-electron chi connectivity index (χ0n) is 23.8. The number of hydrogen-bond donors (Lipinski definition) is 1. The van der Waals surface area contributed by atoms with E-state index in [0.717, 1.165) is 60.7 Å². The van der Waals surface area contributed by atoms with Crippen LogP contribution >= 0.6 is 47.3 Å². The molecule has 0 aliphatic rings. The number of pyridine rings is 4. The van der Waals surface area contributed by atoms with Gasteiger partial charge in [-0.15, -0.1) is 47.3 Å². The number of rotatable bonds is 3. The van der Waals surface area contributed by atoms with Crippen LogP contribution in [0.15, 0.2) is 122 Å². The van der Waals surface area contributed by atoms with Gasteiger partial charge in [-0.3, -0.25) is 19.1 Å². The van der Waals surface area contributed by atoms with Crippen molar-refractivity contribution >= 4 is 93.8 Å². The lowest BCUT2D eigenvalue weighted by Gasteiger charge is -2.07. The number of aromatic hydroxyl groups is 1. The number of fused-ring (bicyclic) bond motifs is 4. The molecule has 0 fully saturated rings. The first-order chi connectivity index (χ1) is 21.9. The average Bonchev–Trinajstić information content (AvgIpc) is 3.69. The van der Waals surface area contributed by atoms with Crippen LogP contribution in [0.5, 0.6) is 11.5 Å². The molecule has 0 atom stereocenters. The molecule has 222 valence electrons. The van der Waals surface area contributed by atoms with Gasteiger partial charge in [0.2, 0.25) is 0 Å². The summed E-state index contributed by atoms with van der Waals surface area (Å²) in [5, 5.41) is 15.9. The van der Waals surface area contributed by atoms with Crippen molar-refractivity contribution in [3.63, 3.8) is 0 Å². The third kappa shape index (κ3) is 7.03. The maximum atomic E-state index is 9.48. The number of halogens is 3. The summed E-state index contributed by atoms with van der Waals surface area (Å²) in [6, 6.07) is 23.4. The van der Waals surface area contributed by atoms with Gasteiger partial charge in [-0.1, -0.05) is 12.1 Å². The summed E-state index contributed by atoms with van der Waals surface area (Å²) in [5.41, 5.74) is 2.08. The molecule has 2 aromatic carbocycles. The van der Waals surface area contributed by atoms with Gasteiger partial charge in [-0.25, -0.2) is 9.97 Å². The third-order valence-electron chi connectivity index (χ3n) is 7.09. The van der Waals surface area contributed by atoms with E-state index in [1.807, 2.05) is 88.6 Å². The Morgan fingerprint density at radius 3 is 1.64 bits per heavy atom. The van der Waals surface area contributed by atoms with Crippen molar-refractivity contribution in [1.82, 2.24) is 29.1 Å². The maximum absolute atomic E-state index is 9.48. The molecule has 6 aromatic heterocycles. The second-order valence-corrected chi connectivity index (χ2v) is 16.3. The lowest BCUT2D eigenvalue weighted by atomic mass is 10.1. The Kier molecular flexibility index (Phi) is 9.43. The Morgan fingerprint density at radius 1 is 0.600 bits per heavy atom. The average molecular weight is 787 g/mol. The molecule has 45 heavy (non-hydrogen) atoms. The van der Waals surface area contributed by atoms with Crippen molar-refractivity contribution in [2.75, 3.05) is 7.11 Å². The molecule has 6 heterocycles. The number of methoxy groups -OCH3 is 1. The molecule has 0 amide bonds. The molecule has 0 aliphatic heterocycles. The van der Waals surface area contributed by atoms with E-state index in [9.17, 15) is 5.11 Å². The Morgan fingerprint density at radius 2 is 1.11 bits per heavy atom. The van der Waals surface area contributed by atoms with Crippen molar-refractivity contribution in [3.8, 4) is 23.1 Å². The van der Waals surface area contributed by atoms with Crippen LogP contribution in [0.25, 0.3) is 55.0 Å². The molecular weight excluding hydrogens is 763 g/mol. The smallest absolute Gasteiger partial charge is 0.369 e. The van der Waals surface area contributed by atoms with E-state index >= 15 is 0 Å². The normalized spacial score (nSPS) is 10.8. The quantitative estimate of drug-likeness (QED) is 0.180. The number of benzene rings is 2. The van der Waals surface area contributed by atoms with Gasteiger partial charge < -0.3 is 9.84 Å². The third-order valence-corrected chi connectivity index (χ3v) is 7.09. The monoisotopic (exact) mass is 784 g/mol. The fourth-order valence-electron chi connectivity index (χ4n) is 4.96. The van der Waals surface area contributed by atoms with Crippen LogP contribution in [-0.2, 0) is 0 Å². The van der Waals surface area contributed by atoms with Gasteiger partial charge in [0.15, 0.2) is 0 Å². The SMILES string of the molecule is BrB(Br)Br.COc1ccc2cc(-n3ccc4ccncc43)ncc2c1.Oc1ccc2cc(-n3ccc4ccncc43)ncc2c1. The van der Waals surface area contributed by atoms with Crippen molar-refractivity contribution in [1.29, 1.82) is 0 Å². The highest BCUT2D eigenvalue weighted by Gasteiger charge is 2.07. The highest BCUT2D eigenvalue weighted by atomic mass is 79.9. The number of aromatic nitrogens is 6. The van der Waals surface area contributed by atoms with Crippen molar-refractivity contribution < 1.29 is 9.84 Å². The van der Waals surface area contributed by atoms with Crippen LogP contribution in [-0.4, -0.2) is 44.5 Å². The number of phenolic OH excluding ortho intramolecular Hbond substituents is 1. The van der Waals surface area contributed by atoms with E-state index in [2.05, 4.69) is 79.3 Å². The number of phenols is 1. The molecule has 0 spiro atoms. The highest BCUT2D eigenvalue weighted by molar-refractivity contribution is 9.69. The minimum atomic E-state index is 0.252. The Balaban J connectivity index is 0.000000142. The summed E-state index contributed by atoms with van der Waals surface area (Å²) in [6.45, 7) is 0. The predicted octanol–water partition coefficient (Wildman–Crippen LogP) is 9.02. The molecule has 1 N–H and O–H groups in total. The lowest BCUT2D eigenvalue weighted by molar-refractivity contribution is 0.415. The van der Waals surface area contributed by atoms with Crippen LogP contribution in [0.4, 0.5) is 0 Å². The molecule has 0 saturated heterocycles. The van der Waals surface area contributed by atoms with Gasteiger partial charge in [0.25, 0.3) is 0 Å². The van der Waals surface area contributed by atoms with E-state index in [0.29, 0.717) is 0 Å². The second kappa shape index (κ2) is 13.8. The molecule has 8 aromatic rings. The summed E-state index contributed by atoms with van der Waals surface area (Å²) in [7, 11) is 1.67. The minimum absolute atomic E-state index is 0.252. The van der Waals surface area contributed by atoms with Gasteiger partial charge in [-0.05, 0) is 71.4 Å². The summed E-state index contributed by atoms with van der Waals surface area (Å²) >= 11 is 9.31. The van der Waals surface area contributed by atoms with E-state index in [-0.39, 0.29) is 8.93 Å². The Labute approximate surface area is 283 Å². The highest BCUT2D eigenvalue weighted by Crippen LogP contribution is 2.25. The molecular formula is C33H24BBr3N6O2. The maximum Gasteiger partial charge on any atom is 0.369 e. The zero-order valence-corrected chi connectivity index (χ0v) is 28.6. The number of nitrogens with zero attached hydrogens (tertiary/aromatic N) is 6. The molecule has 12 heteroatoms. The fourth-order valence-corrected chi connectivity index (χ4v) is 4.96.